The average Bonchev–Trinajstić information content (AvgIpc) is 2.14. The second kappa shape index (κ2) is 7.31. The van der Waals surface area contributed by atoms with Crippen molar-refractivity contribution in [3.8, 4) is 0 Å². The van der Waals surface area contributed by atoms with Gasteiger partial charge in [-0.3, -0.25) is 0 Å². The fraction of sp³-hybridized carbons (Fsp3) is 0.750. The normalized spacial score (nSPS) is 15.5. The second-order valence-corrected chi connectivity index (χ2v) is 6.89. The van der Waals surface area contributed by atoms with Gasteiger partial charge in [-0.05, 0) is 52.9 Å². The van der Waals surface area contributed by atoms with Crippen LogP contribution in [0.3, 0.4) is 0 Å². The zero-order chi connectivity index (χ0) is 13.6. The van der Waals surface area contributed by atoms with E-state index in [-0.39, 0.29) is 4.75 Å². The lowest BCUT2D eigenvalue weighted by molar-refractivity contribution is 0.529. The summed E-state index contributed by atoms with van der Waals surface area (Å²) in [4.78, 5) is 0. The molecule has 0 aromatic carbocycles. The Morgan fingerprint density at radius 3 is 2.06 bits per heavy atom. The van der Waals surface area contributed by atoms with Crippen LogP contribution in [0.15, 0.2) is 23.3 Å². The largest absolute Gasteiger partial charge is 0.169 e. The Morgan fingerprint density at radius 1 is 1.24 bits per heavy atom. The van der Waals surface area contributed by atoms with Crippen molar-refractivity contribution in [2.75, 3.05) is 0 Å². The number of allylic oxidation sites excluding steroid dienone is 2. The zero-order valence-electron chi connectivity index (χ0n) is 12.6. The van der Waals surface area contributed by atoms with Gasteiger partial charge in [-0.25, -0.2) is 0 Å². The molecule has 0 N–H and O–H groups in total. The first-order valence-electron chi connectivity index (χ1n) is 6.80. The van der Waals surface area contributed by atoms with E-state index in [9.17, 15) is 0 Å². The van der Waals surface area contributed by atoms with Gasteiger partial charge in [-0.1, -0.05) is 37.0 Å². The van der Waals surface area contributed by atoms with Crippen LogP contribution in [0.5, 0.6) is 0 Å². The van der Waals surface area contributed by atoms with Crippen LogP contribution >= 0.6 is 12.6 Å². The summed E-state index contributed by atoms with van der Waals surface area (Å²) in [7, 11) is 0. The molecule has 0 amide bonds. The maximum Gasteiger partial charge on any atom is 0.0286 e. The van der Waals surface area contributed by atoms with Crippen molar-refractivity contribution in [3.63, 3.8) is 0 Å². The van der Waals surface area contributed by atoms with E-state index < -0.39 is 0 Å². The van der Waals surface area contributed by atoms with Crippen LogP contribution in [-0.2, 0) is 0 Å². The van der Waals surface area contributed by atoms with Crippen molar-refractivity contribution in [3.05, 3.63) is 23.3 Å². The van der Waals surface area contributed by atoms with E-state index in [1.807, 2.05) is 0 Å². The Hall–Kier alpha value is -0.170. The van der Waals surface area contributed by atoms with Gasteiger partial charge in [0.1, 0.15) is 0 Å². The molecule has 0 spiro atoms. The van der Waals surface area contributed by atoms with Crippen molar-refractivity contribution >= 4 is 12.6 Å². The Balaban J connectivity index is 5.29. The van der Waals surface area contributed by atoms with E-state index in [4.69, 9.17) is 12.6 Å². The van der Waals surface area contributed by atoms with Crippen molar-refractivity contribution in [1.82, 2.24) is 0 Å². The van der Waals surface area contributed by atoms with Gasteiger partial charge in [0.05, 0.1) is 0 Å². The van der Waals surface area contributed by atoms with Gasteiger partial charge < -0.3 is 0 Å². The molecule has 0 aliphatic rings. The van der Waals surface area contributed by atoms with E-state index in [0.717, 1.165) is 6.42 Å². The van der Waals surface area contributed by atoms with Crippen molar-refractivity contribution < 1.29 is 0 Å². The molecule has 0 rings (SSSR count). The number of hydrogen-bond acceptors (Lipinski definition) is 1. The number of rotatable bonds is 7. The molecule has 1 heteroatoms. The van der Waals surface area contributed by atoms with Gasteiger partial charge in [-0.15, -0.1) is 6.58 Å². The molecule has 0 aliphatic carbocycles. The third-order valence-corrected chi connectivity index (χ3v) is 3.48. The maximum atomic E-state index is 4.81. The second-order valence-electron chi connectivity index (χ2n) is 5.77. The quantitative estimate of drug-likeness (QED) is 0.430. The van der Waals surface area contributed by atoms with Crippen LogP contribution < -0.4 is 0 Å². The summed E-state index contributed by atoms with van der Waals surface area (Å²) in [5.41, 5.74) is 4.34. The van der Waals surface area contributed by atoms with E-state index in [2.05, 4.69) is 48.1 Å². The fourth-order valence-corrected chi connectivity index (χ4v) is 3.12. The summed E-state index contributed by atoms with van der Waals surface area (Å²) >= 11 is 4.81. The summed E-state index contributed by atoms with van der Waals surface area (Å²) in [6, 6.07) is 0. The van der Waals surface area contributed by atoms with Crippen LogP contribution in [0.1, 0.15) is 67.2 Å². The van der Waals surface area contributed by atoms with Gasteiger partial charge in [0.15, 0.2) is 0 Å². The number of hydrogen-bond donors (Lipinski definition) is 1. The minimum absolute atomic E-state index is 0.0185. The lowest BCUT2D eigenvalue weighted by Gasteiger charge is -2.32. The van der Waals surface area contributed by atoms with Gasteiger partial charge in [0, 0.05) is 4.75 Å². The monoisotopic (exact) mass is 254 g/mol. The number of thiol groups is 1. The van der Waals surface area contributed by atoms with Gasteiger partial charge in [0.25, 0.3) is 0 Å². The molecule has 0 aromatic rings. The van der Waals surface area contributed by atoms with Crippen LogP contribution in [0.2, 0.25) is 0 Å². The minimum Gasteiger partial charge on any atom is -0.169 e. The van der Waals surface area contributed by atoms with Crippen LogP contribution in [-0.4, -0.2) is 4.75 Å². The van der Waals surface area contributed by atoms with Crippen molar-refractivity contribution in [2.24, 2.45) is 5.92 Å². The van der Waals surface area contributed by atoms with Crippen molar-refractivity contribution in [1.29, 1.82) is 0 Å². The summed E-state index contributed by atoms with van der Waals surface area (Å²) in [5.74, 6) is 0.603. The summed E-state index contributed by atoms with van der Waals surface area (Å²) in [6.07, 6.45) is 4.67. The van der Waals surface area contributed by atoms with Gasteiger partial charge >= 0.3 is 0 Å². The van der Waals surface area contributed by atoms with E-state index in [1.165, 1.54) is 36.0 Å². The van der Waals surface area contributed by atoms with Gasteiger partial charge in [-0.2, -0.15) is 12.6 Å². The van der Waals surface area contributed by atoms with Crippen LogP contribution in [0, 0.1) is 5.92 Å². The summed E-state index contributed by atoms with van der Waals surface area (Å²) in [5, 5.41) is 0. The maximum absolute atomic E-state index is 4.81. The van der Waals surface area contributed by atoms with E-state index >= 15 is 0 Å². The first-order valence-corrected chi connectivity index (χ1v) is 7.25. The highest BCUT2D eigenvalue weighted by Crippen LogP contribution is 2.37. The van der Waals surface area contributed by atoms with Gasteiger partial charge in [0.2, 0.25) is 0 Å². The third-order valence-electron chi connectivity index (χ3n) is 3.24. The predicted octanol–water partition coefficient (Wildman–Crippen LogP) is 5.80. The molecule has 0 nitrogen and oxygen atoms in total. The first kappa shape index (κ1) is 16.8. The Bertz CT molecular complexity index is 278. The Kier molecular flexibility index (Phi) is 7.23. The first-order chi connectivity index (χ1) is 7.73. The minimum atomic E-state index is -0.0185. The van der Waals surface area contributed by atoms with E-state index in [1.54, 1.807) is 0 Å². The SMILES string of the molecule is C=C(C)CC(CC)/C(=C(\C)CCC)C(C)(C)S. The molecule has 100 valence electrons. The lowest BCUT2D eigenvalue weighted by atomic mass is 9.80. The molecular weight excluding hydrogens is 224 g/mol. The molecular formula is C16H30S. The fourth-order valence-electron chi connectivity index (χ4n) is 2.75. The average molecular weight is 254 g/mol. The highest BCUT2D eigenvalue weighted by molar-refractivity contribution is 7.82. The Morgan fingerprint density at radius 2 is 1.76 bits per heavy atom. The molecule has 1 unspecified atom stereocenters. The van der Waals surface area contributed by atoms with Crippen LogP contribution in [0.25, 0.3) is 0 Å². The molecule has 0 bridgehead atoms. The zero-order valence-corrected chi connectivity index (χ0v) is 13.5. The summed E-state index contributed by atoms with van der Waals surface area (Å²) < 4.78 is -0.0185. The standard InChI is InChI=1S/C16H30S/c1-8-10-13(5)15(16(6,7)17)14(9-2)11-12(3)4/h14,17H,3,8-11H2,1-2,4-7H3/b15-13-. The summed E-state index contributed by atoms with van der Waals surface area (Å²) in [6.45, 7) is 17.4. The van der Waals surface area contributed by atoms with Crippen LogP contribution in [0.4, 0.5) is 0 Å². The molecule has 0 radical (unpaired) electrons. The van der Waals surface area contributed by atoms with E-state index in [0.29, 0.717) is 5.92 Å². The highest BCUT2D eigenvalue weighted by Gasteiger charge is 2.26. The lowest BCUT2D eigenvalue weighted by Crippen LogP contribution is -2.23. The molecule has 1 atom stereocenters. The third kappa shape index (κ3) is 5.81. The Labute approximate surface area is 114 Å². The molecule has 0 fully saturated rings. The molecule has 0 aromatic heterocycles. The molecule has 0 aliphatic heterocycles. The smallest absolute Gasteiger partial charge is 0.0286 e. The molecule has 0 saturated carbocycles. The van der Waals surface area contributed by atoms with Crippen molar-refractivity contribution in [2.45, 2.75) is 72.0 Å². The molecule has 0 saturated heterocycles. The molecule has 0 heterocycles. The topological polar surface area (TPSA) is 0 Å². The highest BCUT2D eigenvalue weighted by atomic mass is 32.1. The molecule has 17 heavy (non-hydrogen) atoms. The predicted molar refractivity (Wildman–Crippen MR) is 83.9 cm³/mol.